The van der Waals surface area contributed by atoms with Gasteiger partial charge < -0.3 is 5.11 Å². The van der Waals surface area contributed by atoms with E-state index in [0.717, 1.165) is 6.08 Å². The molecule has 1 aromatic carbocycles. The zero-order valence-corrected chi connectivity index (χ0v) is 13.4. The van der Waals surface area contributed by atoms with E-state index in [1.807, 2.05) is 0 Å². The molecule has 1 unspecified atom stereocenters. The molecule has 8 nitrogen and oxygen atoms in total. The third-order valence-electron chi connectivity index (χ3n) is 2.03. The number of anilines is 1. The summed E-state index contributed by atoms with van der Waals surface area (Å²) < 4.78 is 20.7. The molecule has 0 aliphatic heterocycles. The van der Waals surface area contributed by atoms with E-state index in [0.29, 0.717) is 5.69 Å². The molecular weight excluding hydrogens is 345 g/mol. The van der Waals surface area contributed by atoms with E-state index in [-0.39, 0.29) is 10.3 Å². The third kappa shape index (κ3) is 6.41. The molecule has 21 heavy (non-hydrogen) atoms. The van der Waals surface area contributed by atoms with Gasteiger partial charge in [0.25, 0.3) is 0 Å². The van der Waals surface area contributed by atoms with E-state index >= 15 is 0 Å². The van der Waals surface area contributed by atoms with Gasteiger partial charge in [-0.2, -0.15) is 0 Å². The van der Waals surface area contributed by atoms with Gasteiger partial charge in [0.05, 0.1) is 0 Å². The minimum atomic E-state index is -4.46. The van der Waals surface area contributed by atoms with Gasteiger partial charge in [-0.15, -0.1) is 0 Å². The first-order valence-corrected chi connectivity index (χ1v) is 8.75. The number of carbonyl (C=O) groups excluding carboxylic acids is 1. The summed E-state index contributed by atoms with van der Waals surface area (Å²) in [4.78, 5) is 20.2. The first-order chi connectivity index (χ1) is 9.80. The van der Waals surface area contributed by atoms with Crippen molar-refractivity contribution >= 4 is 36.1 Å². The molecule has 1 atom stereocenters. The van der Waals surface area contributed by atoms with Crippen LogP contribution in [-0.2, 0) is 20.9 Å². The van der Waals surface area contributed by atoms with Gasteiger partial charge in [0, 0.05) is 6.08 Å². The molecule has 9 heteroatoms. The van der Waals surface area contributed by atoms with E-state index in [4.69, 9.17) is 10.4 Å². The van der Waals surface area contributed by atoms with Gasteiger partial charge in [0.2, 0.25) is 0 Å². The van der Waals surface area contributed by atoms with E-state index in [1.165, 1.54) is 20.1 Å². The molecule has 0 heterocycles. The van der Waals surface area contributed by atoms with Crippen LogP contribution in [0.1, 0.15) is 6.92 Å². The Morgan fingerprint density at radius 3 is 2.29 bits per heavy atom. The molecule has 0 aliphatic carbocycles. The number of benzene rings is 1. The summed E-state index contributed by atoms with van der Waals surface area (Å²) >= 11 is -4.46. The number of amides is 1. The van der Waals surface area contributed by atoms with Gasteiger partial charge >= 0.3 is 101 Å². The number of aliphatic carboxylic acids is 1. The number of nitrogens with one attached hydrogen (secondary N) is 1. The van der Waals surface area contributed by atoms with Crippen molar-refractivity contribution < 1.29 is 31.3 Å². The number of para-hydroxylation sites is 1. The summed E-state index contributed by atoms with van der Waals surface area (Å²) in [7, 11) is 1.17. The van der Waals surface area contributed by atoms with Crippen molar-refractivity contribution in [3.63, 3.8) is 0 Å². The molecule has 1 amide bonds. The van der Waals surface area contributed by atoms with Crippen LogP contribution >= 0.6 is 0 Å². The van der Waals surface area contributed by atoms with Gasteiger partial charge in [-0.3, -0.25) is 0 Å². The number of rotatable bonds is 5. The van der Waals surface area contributed by atoms with Crippen molar-refractivity contribution in [2.24, 2.45) is 0 Å². The predicted octanol–water partition coefficient (Wildman–Crippen LogP) is 0.614. The zero-order valence-electron chi connectivity index (χ0n) is 11.5. The van der Waals surface area contributed by atoms with Gasteiger partial charge in [-0.1, -0.05) is 6.58 Å². The van der Waals surface area contributed by atoms with Crippen molar-refractivity contribution in [1.29, 1.82) is 0 Å². The predicted molar refractivity (Wildman–Crippen MR) is 75.4 cm³/mol. The topological polar surface area (TPSA) is 122 Å². The number of hydrogen-bond acceptors (Lipinski definition) is 6. The van der Waals surface area contributed by atoms with Crippen molar-refractivity contribution in [2.45, 2.75) is 6.92 Å². The fraction of sp³-hybridized carbons (Fsp3) is 0.167. The summed E-state index contributed by atoms with van der Waals surface area (Å²) in [6.45, 7) is 4.28. The van der Waals surface area contributed by atoms with Crippen LogP contribution in [0.25, 0.3) is 0 Å². The Morgan fingerprint density at radius 1 is 1.38 bits per heavy atom. The monoisotopic (exact) mass is 361 g/mol. The average molecular weight is 361 g/mol. The second-order valence-electron chi connectivity index (χ2n) is 3.50. The molecule has 0 bridgehead atoms. The van der Waals surface area contributed by atoms with Crippen molar-refractivity contribution in [2.75, 3.05) is 12.4 Å². The van der Waals surface area contributed by atoms with Gasteiger partial charge in [0.1, 0.15) is 0 Å². The Labute approximate surface area is 124 Å². The van der Waals surface area contributed by atoms with Crippen LogP contribution in [0, 0.1) is 0 Å². The van der Waals surface area contributed by atoms with Crippen LogP contribution in [0.3, 0.4) is 0 Å². The number of carboxylic acids is 1. The van der Waals surface area contributed by atoms with Crippen molar-refractivity contribution in [1.82, 2.24) is 0 Å². The van der Waals surface area contributed by atoms with Crippen LogP contribution in [-0.4, -0.2) is 43.5 Å². The molecule has 0 radical (unpaired) electrons. The first-order valence-electron chi connectivity index (χ1n) is 5.52. The number of hydrogen-bond donors (Lipinski definition) is 3. The van der Waals surface area contributed by atoms with Crippen LogP contribution < -0.4 is 9.67 Å². The first kappa shape index (κ1) is 19.1. The molecule has 0 aromatic heterocycles. The van der Waals surface area contributed by atoms with Gasteiger partial charge in [-0.05, 0) is 0 Å². The van der Waals surface area contributed by atoms with Crippen LogP contribution in [0.2, 0.25) is 0 Å². The van der Waals surface area contributed by atoms with Crippen LogP contribution in [0.4, 0.5) is 5.69 Å². The van der Waals surface area contributed by atoms with Crippen molar-refractivity contribution in [3.05, 3.63) is 36.9 Å². The van der Waals surface area contributed by atoms with E-state index in [9.17, 15) is 13.3 Å². The molecule has 1 aromatic rings. The summed E-state index contributed by atoms with van der Waals surface area (Å²) in [5.41, 5.74) is 0.299. The van der Waals surface area contributed by atoms with E-state index in [2.05, 4.69) is 19.5 Å². The fourth-order valence-electron chi connectivity index (χ4n) is 1.18. The summed E-state index contributed by atoms with van der Waals surface area (Å²) in [5, 5.41) is 18.7. The maximum atomic E-state index is 12.0. The average Bonchev–Trinajstić information content (AvgIpc) is 2.47. The summed E-state index contributed by atoms with van der Waals surface area (Å²) in [5.74, 6) is -1.30. The Kier molecular flexibility index (Phi) is 8.33. The molecule has 0 saturated carbocycles. The fourth-order valence-corrected chi connectivity index (χ4v) is 3.38. The summed E-state index contributed by atoms with van der Waals surface area (Å²) in [6.07, 6.45) is 0.833. The van der Waals surface area contributed by atoms with Crippen LogP contribution in [0.15, 0.2) is 36.9 Å². The molecule has 0 aliphatic rings. The van der Waals surface area contributed by atoms with E-state index in [1.54, 1.807) is 18.2 Å². The second-order valence-corrected chi connectivity index (χ2v) is 7.71. The third-order valence-corrected chi connectivity index (χ3v) is 5.55. The Bertz CT molecular complexity index is 550. The maximum absolute atomic E-state index is 12.0. The Morgan fingerprint density at radius 2 is 1.90 bits per heavy atom. The van der Waals surface area contributed by atoms with Gasteiger partial charge in [-0.25, -0.2) is 4.79 Å². The Balaban J connectivity index is 0.000000690. The molecule has 0 saturated heterocycles. The Hall–Kier alpha value is -1.86. The minimum absolute atomic E-state index is 0.154. The molecule has 0 spiro atoms. The molecular formula is C12H16AsNO7. The zero-order chi connectivity index (χ0) is 16.5. The standard InChI is InChI=1S/C9H12AsNO5.C3H4O2/c1-7(12)11-9-6-4-3-5-8(9)10(13,15-2)16-14;1-2-3(4)5/h3-6,14H,1-2H3,(H,11,12);2H,1H2,(H,4,5). The quantitative estimate of drug-likeness (QED) is 0.304. The summed E-state index contributed by atoms with van der Waals surface area (Å²) in [6, 6.07) is 6.27. The normalized spacial score (nSPS) is 12.3. The van der Waals surface area contributed by atoms with E-state index < -0.39 is 20.1 Å². The van der Waals surface area contributed by atoms with Gasteiger partial charge in [0.15, 0.2) is 0 Å². The molecule has 3 N–H and O–H groups in total. The number of carboxylic acid groups (broad SMARTS) is 1. The van der Waals surface area contributed by atoms with Crippen molar-refractivity contribution in [3.8, 4) is 0 Å². The van der Waals surface area contributed by atoms with Crippen LogP contribution in [0.5, 0.6) is 0 Å². The SMILES string of the molecule is C=CC(=O)O.CO[As](=O)(OO)c1ccccc1NC(C)=O. The molecule has 116 valence electrons. The number of carbonyl (C=O) groups is 2. The molecule has 0 fully saturated rings. The second kappa shape index (κ2) is 9.14. The molecule has 1 rings (SSSR count).